The van der Waals surface area contributed by atoms with E-state index in [9.17, 15) is 29.1 Å². The molecule has 3 aliphatic heterocycles. The molecule has 7 rings (SSSR count). The fourth-order valence-corrected chi connectivity index (χ4v) is 8.46. The molecule has 4 aromatic heterocycles. The van der Waals surface area contributed by atoms with E-state index in [2.05, 4.69) is 29.9 Å². The van der Waals surface area contributed by atoms with E-state index in [1.807, 2.05) is 0 Å². The monoisotopic (exact) mass is 654 g/mol. The second-order valence-corrected chi connectivity index (χ2v) is 14.6. The first kappa shape index (κ1) is 29.5. The number of imidazole rings is 2. The minimum absolute atomic E-state index is 0.0954. The number of hydrogen-bond acceptors (Lipinski definition) is 16. The van der Waals surface area contributed by atoms with Crippen LogP contribution in [0.5, 0.6) is 0 Å². The molecule has 3 fully saturated rings. The molecule has 44 heavy (non-hydrogen) atoms. The number of fused-ring (bicyclic) bond motifs is 4. The van der Waals surface area contributed by atoms with Gasteiger partial charge in [-0.3, -0.25) is 27.3 Å². The summed E-state index contributed by atoms with van der Waals surface area (Å²) < 4.78 is 52.6. The van der Waals surface area contributed by atoms with Crippen LogP contribution in [0.2, 0.25) is 0 Å². The molecule has 10 atom stereocenters. The Balaban J connectivity index is 1.17. The van der Waals surface area contributed by atoms with Crippen LogP contribution in [0.15, 0.2) is 25.3 Å². The van der Waals surface area contributed by atoms with Gasteiger partial charge in [0.05, 0.1) is 37.2 Å². The summed E-state index contributed by atoms with van der Waals surface area (Å²) in [6, 6.07) is 0. The second-order valence-electron chi connectivity index (χ2n) is 10.7. The summed E-state index contributed by atoms with van der Waals surface area (Å²) in [6.07, 6.45) is -6.84. The average Bonchev–Trinajstić information content (AvgIpc) is 3.73. The molecule has 4 aromatic rings. The minimum atomic E-state index is -4.45. The Hall–Kier alpha value is -3.16. The van der Waals surface area contributed by atoms with Crippen LogP contribution in [-0.4, -0.2) is 108 Å². The molecule has 22 heteroatoms. The summed E-state index contributed by atoms with van der Waals surface area (Å²) in [5, 5.41) is 22.5. The number of rotatable bonds is 2. The van der Waals surface area contributed by atoms with Gasteiger partial charge < -0.3 is 40.9 Å². The standard InChI is InChI=1S/C22H28N10O10P2/c23-17-11-19(27-5-25-17)31(7-29-11)21-13(33)15-9(39-21)1-3-43(35,36)42-16-10(2-4-44(37,38)41-15)40-22(14(16)34)32-8-30-12-18(24)26-6-28-20(12)32/h5-10,13-16,21-22,33-34H,1-4H2,(H,35,36)(H,37,38)(H2,23,25,27)(H2,24,26,28)/t9-,10?,13-,14-,15-,16-,21-,22-/m1/s1. The Morgan fingerprint density at radius 1 is 0.705 bits per heavy atom. The first-order valence-electron chi connectivity index (χ1n) is 13.5. The molecule has 236 valence electrons. The van der Waals surface area contributed by atoms with Crippen molar-refractivity contribution in [3.8, 4) is 0 Å². The van der Waals surface area contributed by atoms with Gasteiger partial charge in [-0.25, -0.2) is 29.9 Å². The van der Waals surface area contributed by atoms with Crippen molar-refractivity contribution in [3.05, 3.63) is 25.3 Å². The van der Waals surface area contributed by atoms with Crippen molar-refractivity contribution in [2.75, 3.05) is 23.8 Å². The first-order valence-corrected chi connectivity index (χ1v) is 17.0. The van der Waals surface area contributed by atoms with Gasteiger partial charge in [0.25, 0.3) is 0 Å². The number of nitrogens with zero attached hydrogens (tertiary/aromatic N) is 8. The molecular weight excluding hydrogens is 626 g/mol. The number of hydrogen-bond donors (Lipinski definition) is 6. The van der Waals surface area contributed by atoms with Crippen LogP contribution in [-0.2, 0) is 27.7 Å². The van der Waals surface area contributed by atoms with Gasteiger partial charge in [-0.15, -0.1) is 0 Å². The largest absolute Gasteiger partial charge is 0.386 e. The van der Waals surface area contributed by atoms with Gasteiger partial charge in [0.1, 0.15) is 48.1 Å². The maximum absolute atomic E-state index is 13.3. The van der Waals surface area contributed by atoms with Crippen molar-refractivity contribution in [2.24, 2.45) is 0 Å². The zero-order valence-electron chi connectivity index (χ0n) is 22.6. The SMILES string of the molecule is Nc1ncnc2c1ncn2[C@@H]1O[C@@H]2CCP(=O)(O)O[C@@H]3C(CCP(=O)(O)O[C@H]2[C@H]1O)O[C@@H](n1cnc2c(N)ncnc21)[C@@H]3O. The van der Waals surface area contributed by atoms with E-state index < -0.39 is 76.6 Å². The number of nitrogen functional groups attached to an aromatic ring is 2. The van der Waals surface area contributed by atoms with E-state index in [1.165, 1.54) is 34.4 Å². The van der Waals surface area contributed by atoms with Gasteiger partial charge in [0.15, 0.2) is 35.4 Å². The van der Waals surface area contributed by atoms with E-state index >= 15 is 0 Å². The van der Waals surface area contributed by atoms with Crippen molar-refractivity contribution < 1.29 is 47.7 Å². The average molecular weight is 654 g/mol. The Labute approximate surface area is 247 Å². The van der Waals surface area contributed by atoms with Crippen LogP contribution >= 0.6 is 15.2 Å². The van der Waals surface area contributed by atoms with E-state index in [0.29, 0.717) is 0 Å². The van der Waals surface area contributed by atoms with Gasteiger partial charge in [-0.1, -0.05) is 0 Å². The minimum Gasteiger partial charge on any atom is -0.386 e. The summed E-state index contributed by atoms with van der Waals surface area (Å²) in [6.45, 7) is 0. The highest BCUT2D eigenvalue weighted by Gasteiger charge is 2.53. The molecule has 7 heterocycles. The van der Waals surface area contributed by atoms with Gasteiger partial charge >= 0.3 is 15.2 Å². The molecule has 0 bridgehead atoms. The lowest BCUT2D eigenvalue weighted by molar-refractivity contribution is -0.0362. The zero-order valence-corrected chi connectivity index (χ0v) is 24.4. The Morgan fingerprint density at radius 3 is 1.52 bits per heavy atom. The van der Waals surface area contributed by atoms with Crippen molar-refractivity contribution in [2.45, 2.75) is 61.9 Å². The first-order chi connectivity index (χ1) is 20.9. The molecule has 20 nitrogen and oxygen atoms in total. The van der Waals surface area contributed by atoms with Gasteiger partial charge in [0.2, 0.25) is 0 Å². The summed E-state index contributed by atoms with van der Waals surface area (Å²) >= 11 is 0. The Morgan fingerprint density at radius 2 is 1.11 bits per heavy atom. The zero-order chi connectivity index (χ0) is 31.0. The smallest absolute Gasteiger partial charge is 0.328 e. The molecule has 3 saturated heterocycles. The molecule has 0 aromatic carbocycles. The van der Waals surface area contributed by atoms with Crippen molar-refractivity contribution in [1.82, 2.24) is 39.0 Å². The maximum Gasteiger partial charge on any atom is 0.328 e. The third-order valence-corrected chi connectivity index (χ3v) is 10.7. The van der Waals surface area contributed by atoms with Crippen LogP contribution in [0.3, 0.4) is 0 Å². The van der Waals surface area contributed by atoms with Crippen molar-refractivity contribution in [1.29, 1.82) is 0 Å². The highest BCUT2D eigenvalue weighted by Crippen LogP contribution is 2.54. The summed E-state index contributed by atoms with van der Waals surface area (Å²) in [5.41, 5.74) is 12.7. The van der Waals surface area contributed by atoms with Crippen molar-refractivity contribution >= 4 is 49.2 Å². The third-order valence-electron chi connectivity index (χ3n) is 7.91. The van der Waals surface area contributed by atoms with Crippen LogP contribution in [0, 0.1) is 0 Å². The van der Waals surface area contributed by atoms with E-state index in [-0.39, 0.29) is 46.8 Å². The number of nitrogens with two attached hydrogens (primary N) is 2. The highest BCUT2D eigenvalue weighted by molar-refractivity contribution is 7.53. The predicted octanol–water partition coefficient (Wildman–Crippen LogP) is -0.718. The number of aliphatic hydroxyl groups excluding tert-OH is 2. The van der Waals surface area contributed by atoms with Crippen LogP contribution in [0.1, 0.15) is 25.3 Å². The summed E-state index contributed by atoms with van der Waals surface area (Å²) in [5.74, 6) is 0.191. The number of anilines is 2. The molecule has 0 saturated carbocycles. The summed E-state index contributed by atoms with van der Waals surface area (Å²) in [7, 11) is -8.89. The second kappa shape index (κ2) is 10.7. The molecule has 0 amide bonds. The fraction of sp³-hybridized carbons (Fsp3) is 0.545. The van der Waals surface area contributed by atoms with E-state index in [0.717, 1.165) is 0 Å². The Kier molecular flexibility index (Phi) is 7.21. The lowest BCUT2D eigenvalue weighted by atomic mass is 10.1. The third kappa shape index (κ3) is 5.06. The molecular formula is C22H28N10O10P2. The Bertz CT molecular complexity index is 1690. The van der Waals surface area contributed by atoms with Gasteiger partial charge in [0, 0.05) is 0 Å². The van der Waals surface area contributed by atoms with Crippen LogP contribution < -0.4 is 11.5 Å². The number of aliphatic hydroxyl groups is 2. The maximum atomic E-state index is 13.3. The van der Waals surface area contributed by atoms with Gasteiger partial charge in [-0.05, 0) is 12.8 Å². The van der Waals surface area contributed by atoms with E-state index in [1.54, 1.807) is 0 Å². The molecule has 3 aliphatic rings. The fourth-order valence-electron chi connectivity index (χ4n) is 5.80. The molecule has 8 N–H and O–H groups in total. The molecule has 0 aliphatic carbocycles. The van der Waals surface area contributed by atoms with Gasteiger partial charge in [-0.2, -0.15) is 0 Å². The predicted molar refractivity (Wildman–Crippen MR) is 148 cm³/mol. The van der Waals surface area contributed by atoms with Crippen molar-refractivity contribution in [3.63, 3.8) is 0 Å². The normalized spacial score (nSPS) is 38.3. The highest BCUT2D eigenvalue weighted by atomic mass is 31.2. The topological polar surface area (TPSA) is 291 Å². The lowest BCUT2D eigenvalue weighted by Gasteiger charge is -2.28. The van der Waals surface area contributed by atoms with Crippen LogP contribution in [0.4, 0.5) is 11.6 Å². The quantitative estimate of drug-likeness (QED) is 0.145. The molecule has 0 spiro atoms. The van der Waals surface area contributed by atoms with Crippen LogP contribution in [0.25, 0.3) is 22.3 Å². The lowest BCUT2D eigenvalue weighted by Crippen LogP contribution is -2.37. The number of ether oxygens (including phenoxy) is 2. The van der Waals surface area contributed by atoms with E-state index in [4.69, 9.17) is 30.0 Å². The molecule has 0 radical (unpaired) electrons. The summed E-state index contributed by atoms with van der Waals surface area (Å²) in [4.78, 5) is 46.1. The number of aromatic nitrogens is 8. The molecule has 3 unspecified atom stereocenters.